The van der Waals surface area contributed by atoms with Gasteiger partial charge < -0.3 is 9.26 Å². The van der Waals surface area contributed by atoms with Crippen molar-refractivity contribution >= 4 is 28.4 Å². The zero-order valence-corrected chi connectivity index (χ0v) is 19.1. The molecule has 0 atom stereocenters. The Balaban J connectivity index is 1.59. The van der Waals surface area contributed by atoms with Crippen molar-refractivity contribution in [2.24, 2.45) is 0 Å². The van der Waals surface area contributed by atoms with Crippen molar-refractivity contribution in [2.75, 3.05) is 7.11 Å². The molecule has 5 rings (SSSR count). The van der Waals surface area contributed by atoms with Crippen molar-refractivity contribution < 1.29 is 9.26 Å². The second-order valence-corrected chi connectivity index (χ2v) is 8.42. The lowest BCUT2D eigenvalue weighted by atomic mass is 10.2. The van der Waals surface area contributed by atoms with E-state index >= 15 is 0 Å². The summed E-state index contributed by atoms with van der Waals surface area (Å²) in [5.41, 5.74) is 1.21. The second-order valence-electron chi connectivity index (χ2n) is 7.47. The van der Waals surface area contributed by atoms with Gasteiger partial charge in [-0.2, -0.15) is 4.98 Å². The van der Waals surface area contributed by atoms with E-state index in [4.69, 9.17) is 9.26 Å². The first-order chi connectivity index (χ1) is 16.2. The third-order valence-electron chi connectivity index (χ3n) is 5.30. The molecule has 0 aliphatic rings. The average Bonchev–Trinajstić information content (AvgIpc) is 3.49. The summed E-state index contributed by atoms with van der Waals surface area (Å²) in [6.45, 7) is 2.13. The number of benzene rings is 2. The molecule has 0 N–H and O–H groups in total. The van der Waals surface area contributed by atoms with E-state index in [1.807, 2.05) is 40.8 Å². The van der Waals surface area contributed by atoms with Gasteiger partial charge in [0.15, 0.2) is 11.0 Å². The van der Waals surface area contributed by atoms with E-state index < -0.39 is 0 Å². The minimum absolute atomic E-state index is 0.173. The third kappa shape index (κ3) is 3.97. The van der Waals surface area contributed by atoms with Crippen LogP contribution in [0.25, 0.3) is 22.4 Å². The first kappa shape index (κ1) is 21.2. The number of fused-ring (bicyclic) bond motifs is 3. The van der Waals surface area contributed by atoms with E-state index in [9.17, 15) is 4.79 Å². The number of ether oxygens (including phenoxy) is 1. The molecule has 0 saturated heterocycles. The number of para-hydroxylation sites is 1. The molecular weight excluding hydrogens is 440 g/mol. The van der Waals surface area contributed by atoms with Crippen LogP contribution < -0.4 is 10.3 Å². The first-order valence-electron chi connectivity index (χ1n) is 10.7. The summed E-state index contributed by atoms with van der Waals surface area (Å²) in [5.74, 6) is 2.77. The van der Waals surface area contributed by atoms with Gasteiger partial charge in [0.1, 0.15) is 5.75 Å². The Morgan fingerprint density at radius 1 is 1.12 bits per heavy atom. The molecule has 0 unspecified atom stereocenters. The van der Waals surface area contributed by atoms with E-state index in [2.05, 4.69) is 27.3 Å². The Morgan fingerprint density at radius 2 is 2.00 bits per heavy atom. The van der Waals surface area contributed by atoms with E-state index in [0.717, 1.165) is 30.6 Å². The summed E-state index contributed by atoms with van der Waals surface area (Å²) >= 11 is 1.43. The molecule has 5 aromatic rings. The van der Waals surface area contributed by atoms with Crippen LogP contribution in [-0.2, 0) is 12.2 Å². The van der Waals surface area contributed by atoms with E-state index in [0.29, 0.717) is 39.4 Å². The molecule has 0 aliphatic carbocycles. The maximum Gasteiger partial charge on any atom is 0.267 e. The number of thioether (sulfide) groups is 1. The van der Waals surface area contributed by atoms with Gasteiger partial charge in [-0.25, -0.2) is 4.57 Å². The molecule has 0 fully saturated rings. The smallest absolute Gasteiger partial charge is 0.267 e. The van der Waals surface area contributed by atoms with Crippen LogP contribution in [0.3, 0.4) is 0 Å². The molecule has 0 bridgehead atoms. The maximum absolute atomic E-state index is 13.4. The van der Waals surface area contributed by atoms with Gasteiger partial charge in [0.2, 0.25) is 11.7 Å². The van der Waals surface area contributed by atoms with Crippen LogP contribution in [0.5, 0.6) is 5.75 Å². The molecule has 3 heterocycles. The standard InChI is InChI=1S/C23H22N6O3S/c1-3-4-12-19-24-20(32-27-19)14-33-23-26-25-22-28(15-8-7-9-16(13-15)31-2)21(30)17-10-5-6-11-18(17)29(22)23/h5-11,13H,3-4,12,14H2,1-2H3. The predicted molar refractivity (Wildman–Crippen MR) is 125 cm³/mol. The monoisotopic (exact) mass is 462 g/mol. The van der Waals surface area contributed by atoms with Crippen LogP contribution in [0.4, 0.5) is 0 Å². The number of unbranched alkanes of at least 4 members (excludes halogenated alkanes) is 1. The molecule has 0 aliphatic heterocycles. The van der Waals surface area contributed by atoms with Gasteiger partial charge >= 0.3 is 0 Å². The highest BCUT2D eigenvalue weighted by atomic mass is 32.2. The predicted octanol–water partition coefficient (Wildman–Crippen LogP) is 4.06. The summed E-state index contributed by atoms with van der Waals surface area (Å²) in [7, 11) is 1.59. The largest absolute Gasteiger partial charge is 0.497 e. The number of nitrogens with zero attached hydrogens (tertiary/aromatic N) is 6. The zero-order valence-electron chi connectivity index (χ0n) is 18.3. The van der Waals surface area contributed by atoms with Crippen LogP contribution >= 0.6 is 11.8 Å². The minimum atomic E-state index is -0.173. The van der Waals surface area contributed by atoms with Crippen molar-refractivity contribution in [3.05, 3.63) is 70.6 Å². The molecule has 9 nitrogen and oxygen atoms in total. The zero-order chi connectivity index (χ0) is 22.8. The molecule has 0 saturated carbocycles. The Bertz CT molecular complexity index is 1490. The van der Waals surface area contributed by atoms with Crippen LogP contribution in [0.15, 0.2) is 63.0 Å². The highest BCUT2D eigenvalue weighted by Gasteiger charge is 2.19. The summed E-state index contributed by atoms with van der Waals surface area (Å²) < 4.78 is 14.2. The topological polar surface area (TPSA) is 100 Å². The summed E-state index contributed by atoms with van der Waals surface area (Å²) in [4.78, 5) is 17.9. The van der Waals surface area contributed by atoms with Crippen molar-refractivity contribution in [3.8, 4) is 11.4 Å². The Labute approximate surface area is 193 Å². The number of hydrogen-bond donors (Lipinski definition) is 0. The molecule has 33 heavy (non-hydrogen) atoms. The van der Waals surface area contributed by atoms with E-state index in [1.54, 1.807) is 23.8 Å². The van der Waals surface area contributed by atoms with Gasteiger partial charge in [-0.3, -0.25) is 9.20 Å². The van der Waals surface area contributed by atoms with Gasteiger partial charge in [0.25, 0.3) is 5.56 Å². The minimum Gasteiger partial charge on any atom is -0.497 e. The van der Waals surface area contributed by atoms with E-state index in [1.165, 1.54) is 11.8 Å². The Kier molecular flexibility index (Phi) is 5.82. The summed E-state index contributed by atoms with van der Waals surface area (Å²) in [5, 5.41) is 14.0. The van der Waals surface area contributed by atoms with Crippen molar-refractivity contribution in [1.29, 1.82) is 0 Å². The quantitative estimate of drug-likeness (QED) is 0.318. The fourth-order valence-electron chi connectivity index (χ4n) is 3.67. The summed E-state index contributed by atoms with van der Waals surface area (Å²) in [6.07, 6.45) is 2.90. The lowest BCUT2D eigenvalue weighted by Gasteiger charge is -2.12. The van der Waals surface area contributed by atoms with Gasteiger partial charge in [-0.05, 0) is 30.7 Å². The van der Waals surface area contributed by atoms with Crippen LogP contribution in [0.1, 0.15) is 31.5 Å². The maximum atomic E-state index is 13.4. The molecule has 0 radical (unpaired) electrons. The molecular formula is C23H22N6O3S. The van der Waals surface area contributed by atoms with Crippen LogP contribution in [0.2, 0.25) is 0 Å². The Hall–Kier alpha value is -3.66. The molecule has 0 amide bonds. The van der Waals surface area contributed by atoms with Crippen LogP contribution in [-0.4, -0.2) is 36.4 Å². The fraction of sp³-hybridized carbons (Fsp3) is 0.261. The van der Waals surface area contributed by atoms with Gasteiger partial charge in [0, 0.05) is 12.5 Å². The molecule has 3 aromatic heterocycles. The number of aromatic nitrogens is 6. The molecule has 168 valence electrons. The van der Waals surface area contributed by atoms with Crippen LogP contribution in [0, 0.1) is 0 Å². The molecule has 2 aromatic carbocycles. The average molecular weight is 463 g/mol. The second kappa shape index (κ2) is 9.07. The van der Waals surface area contributed by atoms with Gasteiger partial charge in [0.05, 0.1) is 29.5 Å². The van der Waals surface area contributed by atoms with Crippen molar-refractivity contribution in [2.45, 2.75) is 37.1 Å². The van der Waals surface area contributed by atoms with Gasteiger partial charge in [-0.1, -0.05) is 48.5 Å². The highest BCUT2D eigenvalue weighted by Crippen LogP contribution is 2.26. The normalized spacial score (nSPS) is 11.5. The van der Waals surface area contributed by atoms with Gasteiger partial charge in [-0.15, -0.1) is 10.2 Å². The highest BCUT2D eigenvalue weighted by molar-refractivity contribution is 7.98. The SMILES string of the molecule is CCCCc1noc(CSc2nnc3n(-c4cccc(OC)c4)c(=O)c4ccccc4n23)n1. The fourth-order valence-corrected chi connectivity index (χ4v) is 4.44. The van der Waals surface area contributed by atoms with E-state index in [-0.39, 0.29) is 5.56 Å². The number of rotatable bonds is 8. The third-order valence-corrected chi connectivity index (χ3v) is 6.21. The Morgan fingerprint density at radius 3 is 2.85 bits per heavy atom. The molecule has 10 heteroatoms. The first-order valence-corrected chi connectivity index (χ1v) is 11.7. The number of aryl methyl sites for hydroxylation is 1. The van der Waals surface area contributed by atoms with Crippen molar-refractivity contribution in [1.82, 2.24) is 29.3 Å². The lowest BCUT2D eigenvalue weighted by Crippen LogP contribution is -2.21. The molecule has 0 spiro atoms. The van der Waals surface area contributed by atoms with Crippen molar-refractivity contribution in [3.63, 3.8) is 0 Å². The lowest BCUT2D eigenvalue weighted by molar-refractivity contribution is 0.384. The number of methoxy groups -OCH3 is 1. The summed E-state index contributed by atoms with van der Waals surface area (Å²) in [6, 6.07) is 14.7. The number of hydrogen-bond acceptors (Lipinski definition) is 8.